The van der Waals surface area contributed by atoms with Crippen LogP contribution in [0.4, 0.5) is 18.9 Å². The summed E-state index contributed by atoms with van der Waals surface area (Å²) in [5.41, 5.74) is 4.92. The molecule has 0 saturated heterocycles. The van der Waals surface area contributed by atoms with Gasteiger partial charge < -0.3 is 10.6 Å². The molecular formula is C31H25F3N2O2. The zero-order chi connectivity index (χ0) is 26.9. The van der Waals surface area contributed by atoms with Crippen LogP contribution in [0.3, 0.4) is 0 Å². The minimum absolute atomic E-state index is 0.0355. The van der Waals surface area contributed by atoms with Crippen molar-refractivity contribution in [2.75, 3.05) is 5.32 Å². The molecule has 0 heterocycles. The van der Waals surface area contributed by atoms with E-state index < -0.39 is 11.7 Å². The van der Waals surface area contributed by atoms with E-state index in [1.807, 2.05) is 49.4 Å². The number of fused-ring (bicyclic) bond motifs is 1. The highest BCUT2D eigenvalue weighted by atomic mass is 19.4. The van der Waals surface area contributed by atoms with Crippen molar-refractivity contribution in [3.8, 4) is 11.1 Å². The van der Waals surface area contributed by atoms with Gasteiger partial charge in [-0.25, -0.2) is 0 Å². The van der Waals surface area contributed by atoms with Crippen LogP contribution in [0.2, 0.25) is 0 Å². The second-order valence-electron chi connectivity index (χ2n) is 9.45. The lowest BCUT2D eigenvalue weighted by molar-refractivity contribution is -0.137. The van der Waals surface area contributed by atoms with E-state index in [0.29, 0.717) is 40.8 Å². The predicted molar refractivity (Wildman–Crippen MR) is 141 cm³/mol. The van der Waals surface area contributed by atoms with Gasteiger partial charge in [0, 0.05) is 22.9 Å². The van der Waals surface area contributed by atoms with Gasteiger partial charge >= 0.3 is 6.18 Å². The summed E-state index contributed by atoms with van der Waals surface area (Å²) in [6, 6.07) is 24.8. The number of rotatable bonds is 5. The molecule has 0 aliphatic heterocycles. The summed E-state index contributed by atoms with van der Waals surface area (Å²) in [6.07, 6.45) is -3.07. The summed E-state index contributed by atoms with van der Waals surface area (Å²) < 4.78 is 39.1. The van der Waals surface area contributed by atoms with Crippen LogP contribution in [0, 0.1) is 6.92 Å². The van der Waals surface area contributed by atoms with Crippen LogP contribution in [-0.2, 0) is 19.0 Å². The average molecular weight is 515 g/mol. The number of benzene rings is 4. The largest absolute Gasteiger partial charge is 0.416 e. The highest BCUT2D eigenvalue weighted by Gasteiger charge is 2.30. The molecule has 1 aliphatic rings. The van der Waals surface area contributed by atoms with E-state index >= 15 is 0 Å². The van der Waals surface area contributed by atoms with Gasteiger partial charge in [-0.3, -0.25) is 9.59 Å². The topological polar surface area (TPSA) is 58.2 Å². The lowest BCUT2D eigenvalue weighted by atomic mass is 9.93. The first-order valence-electron chi connectivity index (χ1n) is 12.3. The number of anilines is 1. The van der Waals surface area contributed by atoms with E-state index in [0.717, 1.165) is 28.8 Å². The number of aryl methyl sites for hydroxylation is 1. The Morgan fingerprint density at radius 2 is 1.50 bits per heavy atom. The molecule has 0 bridgehead atoms. The molecule has 1 aliphatic carbocycles. The second-order valence-corrected chi connectivity index (χ2v) is 9.45. The summed E-state index contributed by atoms with van der Waals surface area (Å²) in [6.45, 7) is 1.82. The van der Waals surface area contributed by atoms with Gasteiger partial charge in [0.25, 0.3) is 11.8 Å². The maximum Gasteiger partial charge on any atom is 0.416 e. The predicted octanol–water partition coefficient (Wildman–Crippen LogP) is 6.83. The number of carbonyl (C=O) groups excluding carboxylic acids is 2. The van der Waals surface area contributed by atoms with Gasteiger partial charge in [-0.15, -0.1) is 0 Å². The lowest BCUT2D eigenvalue weighted by Crippen LogP contribution is -2.35. The molecule has 4 nitrogen and oxygen atoms in total. The zero-order valence-electron chi connectivity index (χ0n) is 20.6. The van der Waals surface area contributed by atoms with Gasteiger partial charge in [-0.05, 0) is 90.0 Å². The van der Waals surface area contributed by atoms with Crippen molar-refractivity contribution in [1.82, 2.24) is 5.32 Å². The standard InChI is InChI=1S/C31H25F3N2O2/c1-19-6-5-9-27(28(19)20-10-13-24(14-11-20)31(32,33)34)30(38)35-25-15-12-22-16-26(18-23(22)17-25)36-29(37)21-7-3-2-4-8-21/h2-15,17,26H,16,18H2,1H3,(H,35,38)(H,36,37). The molecule has 4 aromatic rings. The maximum absolute atomic E-state index is 13.3. The third-order valence-electron chi connectivity index (χ3n) is 6.79. The second kappa shape index (κ2) is 10.2. The fraction of sp³-hybridized carbons (Fsp3) is 0.161. The number of hydrogen-bond donors (Lipinski definition) is 2. The Hall–Kier alpha value is -4.39. The van der Waals surface area contributed by atoms with Crippen LogP contribution >= 0.6 is 0 Å². The molecule has 1 unspecified atom stereocenters. The molecule has 5 rings (SSSR count). The molecule has 38 heavy (non-hydrogen) atoms. The van der Waals surface area contributed by atoms with E-state index in [1.54, 1.807) is 24.3 Å². The minimum atomic E-state index is -4.43. The van der Waals surface area contributed by atoms with Crippen LogP contribution in [0.5, 0.6) is 0 Å². The molecule has 7 heteroatoms. The summed E-state index contributed by atoms with van der Waals surface area (Å²) in [5.74, 6) is -0.470. The van der Waals surface area contributed by atoms with E-state index in [4.69, 9.17) is 0 Å². The van der Waals surface area contributed by atoms with Crippen LogP contribution in [0.15, 0.2) is 91.0 Å². The molecule has 0 spiro atoms. The van der Waals surface area contributed by atoms with Gasteiger partial charge in [0.2, 0.25) is 0 Å². The molecule has 0 fully saturated rings. The Morgan fingerprint density at radius 1 is 0.789 bits per heavy atom. The van der Waals surface area contributed by atoms with Crippen molar-refractivity contribution < 1.29 is 22.8 Å². The van der Waals surface area contributed by atoms with E-state index in [2.05, 4.69) is 10.6 Å². The Balaban J connectivity index is 1.32. The van der Waals surface area contributed by atoms with Crippen molar-refractivity contribution in [3.05, 3.63) is 124 Å². The van der Waals surface area contributed by atoms with E-state index in [9.17, 15) is 22.8 Å². The highest BCUT2D eigenvalue weighted by Crippen LogP contribution is 2.34. The monoisotopic (exact) mass is 514 g/mol. The molecular weight excluding hydrogens is 489 g/mol. The molecule has 4 aromatic carbocycles. The Morgan fingerprint density at radius 3 is 2.21 bits per heavy atom. The van der Waals surface area contributed by atoms with Crippen molar-refractivity contribution in [3.63, 3.8) is 0 Å². The van der Waals surface area contributed by atoms with Crippen LogP contribution in [-0.4, -0.2) is 17.9 Å². The smallest absolute Gasteiger partial charge is 0.349 e. The lowest BCUT2D eigenvalue weighted by Gasteiger charge is -2.15. The molecule has 0 saturated carbocycles. The molecule has 0 radical (unpaired) electrons. The number of carbonyl (C=O) groups is 2. The Labute approximate surface area is 218 Å². The number of hydrogen-bond acceptors (Lipinski definition) is 2. The molecule has 2 amide bonds. The first-order valence-corrected chi connectivity index (χ1v) is 12.3. The summed E-state index contributed by atoms with van der Waals surface area (Å²) in [4.78, 5) is 25.8. The molecule has 2 N–H and O–H groups in total. The number of halogens is 3. The third kappa shape index (κ3) is 5.32. The van der Waals surface area contributed by atoms with Gasteiger partial charge in [0.15, 0.2) is 0 Å². The van der Waals surface area contributed by atoms with E-state index in [1.165, 1.54) is 12.1 Å². The van der Waals surface area contributed by atoms with Gasteiger partial charge in [-0.2, -0.15) is 13.2 Å². The Kier molecular flexibility index (Phi) is 6.76. The number of nitrogens with one attached hydrogen (secondary N) is 2. The van der Waals surface area contributed by atoms with Gasteiger partial charge in [0.05, 0.1) is 5.56 Å². The molecule has 192 valence electrons. The summed E-state index contributed by atoms with van der Waals surface area (Å²) in [7, 11) is 0. The van der Waals surface area contributed by atoms with Crippen molar-refractivity contribution in [1.29, 1.82) is 0 Å². The van der Waals surface area contributed by atoms with Crippen molar-refractivity contribution >= 4 is 17.5 Å². The molecule has 1 atom stereocenters. The first-order chi connectivity index (χ1) is 18.2. The van der Waals surface area contributed by atoms with Crippen molar-refractivity contribution in [2.24, 2.45) is 0 Å². The fourth-order valence-corrected chi connectivity index (χ4v) is 4.92. The quantitative estimate of drug-likeness (QED) is 0.307. The van der Waals surface area contributed by atoms with Crippen LogP contribution in [0.25, 0.3) is 11.1 Å². The van der Waals surface area contributed by atoms with Gasteiger partial charge in [-0.1, -0.05) is 48.5 Å². The zero-order valence-corrected chi connectivity index (χ0v) is 20.6. The normalized spacial score (nSPS) is 14.6. The summed E-state index contributed by atoms with van der Waals surface area (Å²) in [5, 5.41) is 6.01. The van der Waals surface area contributed by atoms with Crippen LogP contribution < -0.4 is 10.6 Å². The van der Waals surface area contributed by atoms with Crippen LogP contribution in [0.1, 0.15) is 43.0 Å². The summed E-state index contributed by atoms with van der Waals surface area (Å²) >= 11 is 0. The number of alkyl halides is 3. The fourth-order valence-electron chi connectivity index (χ4n) is 4.92. The van der Waals surface area contributed by atoms with Crippen molar-refractivity contribution in [2.45, 2.75) is 32.0 Å². The maximum atomic E-state index is 13.3. The molecule has 0 aromatic heterocycles. The van der Waals surface area contributed by atoms with Gasteiger partial charge in [0.1, 0.15) is 0 Å². The Bertz CT molecular complexity index is 1500. The minimum Gasteiger partial charge on any atom is -0.349 e. The van der Waals surface area contributed by atoms with E-state index in [-0.39, 0.29) is 17.9 Å². The number of amides is 2. The average Bonchev–Trinajstić information content (AvgIpc) is 3.30. The highest BCUT2D eigenvalue weighted by molar-refractivity contribution is 6.09. The first kappa shape index (κ1) is 25.3. The SMILES string of the molecule is Cc1cccc(C(=O)Nc2ccc3c(c2)CC(NC(=O)c2ccccc2)C3)c1-c1ccc(C(F)(F)F)cc1. The third-order valence-corrected chi connectivity index (χ3v) is 6.79.